The molecule has 3 rings (SSSR count). The number of aromatic nitrogens is 2. The van der Waals surface area contributed by atoms with Crippen LogP contribution in [0.3, 0.4) is 0 Å². The summed E-state index contributed by atoms with van der Waals surface area (Å²) in [7, 11) is 1.55. The molecule has 2 saturated heterocycles. The number of anilines is 2. The molecule has 9 heteroatoms. The third kappa shape index (κ3) is 4.31. The van der Waals surface area contributed by atoms with Crippen LogP contribution in [0.4, 0.5) is 11.8 Å². The zero-order valence-corrected chi connectivity index (χ0v) is 13.7. The standard InChI is InChI=1S/C15H22N4O5/c1-21-6-7-24-14(20)12-8-13(16-11-9-23-10-11)18-15(17-12)19-2-4-22-5-3-19/h8,11H,2-7,9-10H2,1H3,(H,16,17,18). The van der Waals surface area contributed by atoms with E-state index in [-0.39, 0.29) is 18.3 Å². The van der Waals surface area contributed by atoms with Crippen LogP contribution < -0.4 is 10.2 Å². The lowest BCUT2D eigenvalue weighted by Gasteiger charge is -2.29. The highest BCUT2D eigenvalue weighted by molar-refractivity contribution is 5.88. The van der Waals surface area contributed by atoms with Gasteiger partial charge in [-0.3, -0.25) is 0 Å². The van der Waals surface area contributed by atoms with E-state index in [1.54, 1.807) is 13.2 Å². The smallest absolute Gasteiger partial charge is 0.357 e. The maximum atomic E-state index is 12.2. The molecule has 0 amide bonds. The van der Waals surface area contributed by atoms with E-state index in [9.17, 15) is 4.79 Å². The van der Waals surface area contributed by atoms with Crippen LogP contribution in [0.1, 0.15) is 10.5 Å². The zero-order chi connectivity index (χ0) is 16.8. The topological polar surface area (TPSA) is 95.0 Å². The minimum Gasteiger partial charge on any atom is -0.459 e. The Bertz CT molecular complexity index is 561. The minimum absolute atomic E-state index is 0.186. The molecule has 1 aromatic heterocycles. The van der Waals surface area contributed by atoms with Gasteiger partial charge < -0.3 is 29.2 Å². The number of rotatable bonds is 7. The van der Waals surface area contributed by atoms with Gasteiger partial charge in [-0.1, -0.05) is 0 Å². The normalized spacial score (nSPS) is 18.1. The summed E-state index contributed by atoms with van der Waals surface area (Å²) in [4.78, 5) is 23.1. The van der Waals surface area contributed by atoms with Gasteiger partial charge in [0.15, 0.2) is 5.69 Å². The van der Waals surface area contributed by atoms with E-state index >= 15 is 0 Å². The van der Waals surface area contributed by atoms with Gasteiger partial charge >= 0.3 is 5.97 Å². The molecule has 0 atom stereocenters. The Kier molecular flexibility index (Phi) is 5.78. The summed E-state index contributed by atoms with van der Waals surface area (Å²) in [5.41, 5.74) is 0.227. The van der Waals surface area contributed by atoms with E-state index in [1.165, 1.54) is 0 Å². The quantitative estimate of drug-likeness (QED) is 0.541. The maximum Gasteiger partial charge on any atom is 0.357 e. The molecule has 0 aromatic carbocycles. The van der Waals surface area contributed by atoms with Crippen LogP contribution in [-0.4, -0.2) is 81.8 Å². The molecule has 0 aliphatic carbocycles. The molecule has 3 heterocycles. The van der Waals surface area contributed by atoms with Crippen molar-refractivity contribution >= 4 is 17.7 Å². The summed E-state index contributed by atoms with van der Waals surface area (Å²) in [5.74, 6) is 0.609. The molecule has 2 fully saturated rings. The number of nitrogens with zero attached hydrogens (tertiary/aromatic N) is 3. The summed E-state index contributed by atoms with van der Waals surface area (Å²) in [5, 5.41) is 3.25. The monoisotopic (exact) mass is 338 g/mol. The van der Waals surface area contributed by atoms with Crippen molar-refractivity contribution in [2.45, 2.75) is 6.04 Å². The van der Waals surface area contributed by atoms with Gasteiger partial charge in [0.2, 0.25) is 5.95 Å². The third-order valence-electron chi connectivity index (χ3n) is 3.73. The number of hydrogen-bond acceptors (Lipinski definition) is 9. The summed E-state index contributed by atoms with van der Waals surface area (Å²) >= 11 is 0. The Morgan fingerprint density at radius 2 is 2.08 bits per heavy atom. The van der Waals surface area contributed by atoms with Gasteiger partial charge in [-0.2, -0.15) is 4.98 Å². The highest BCUT2D eigenvalue weighted by Gasteiger charge is 2.22. The van der Waals surface area contributed by atoms with Crippen molar-refractivity contribution in [3.05, 3.63) is 11.8 Å². The fourth-order valence-corrected chi connectivity index (χ4v) is 2.34. The summed E-state index contributed by atoms with van der Waals surface area (Å²) in [6.07, 6.45) is 0. The largest absolute Gasteiger partial charge is 0.459 e. The van der Waals surface area contributed by atoms with Crippen LogP contribution in [0.5, 0.6) is 0 Å². The minimum atomic E-state index is -0.489. The van der Waals surface area contributed by atoms with Crippen LogP contribution in [-0.2, 0) is 18.9 Å². The molecule has 2 aliphatic heterocycles. The first-order valence-electron chi connectivity index (χ1n) is 7.98. The first-order chi connectivity index (χ1) is 11.8. The van der Waals surface area contributed by atoms with Crippen molar-refractivity contribution in [3.63, 3.8) is 0 Å². The lowest BCUT2D eigenvalue weighted by atomic mass is 10.2. The second kappa shape index (κ2) is 8.22. The van der Waals surface area contributed by atoms with Crippen molar-refractivity contribution in [1.29, 1.82) is 0 Å². The number of esters is 1. The molecule has 2 aliphatic rings. The average Bonchev–Trinajstić information content (AvgIpc) is 2.59. The third-order valence-corrected chi connectivity index (χ3v) is 3.73. The summed E-state index contributed by atoms with van der Waals surface area (Å²) in [6, 6.07) is 1.81. The molecule has 0 bridgehead atoms. The Hall–Kier alpha value is -1.97. The Labute approximate surface area is 140 Å². The second-order valence-corrected chi connectivity index (χ2v) is 5.55. The molecule has 0 unspecified atom stereocenters. The first-order valence-corrected chi connectivity index (χ1v) is 7.98. The molecule has 24 heavy (non-hydrogen) atoms. The van der Waals surface area contributed by atoms with Crippen molar-refractivity contribution in [1.82, 2.24) is 9.97 Å². The predicted molar refractivity (Wildman–Crippen MR) is 85.5 cm³/mol. The van der Waals surface area contributed by atoms with Crippen molar-refractivity contribution in [2.75, 3.05) is 70.1 Å². The van der Waals surface area contributed by atoms with E-state index < -0.39 is 5.97 Å². The molecule has 0 radical (unpaired) electrons. The number of hydrogen-bond donors (Lipinski definition) is 1. The van der Waals surface area contributed by atoms with Gasteiger partial charge in [-0.25, -0.2) is 9.78 Å². The van der Waals surface area contributed by atoms with Gasteiger partial charge in [-0.05, 0) is 0 Å². The van der Waals surface area contributed by atoms with Crippen molar-refractivity contribution in [3.8, 4) is 0 Å². The lowest BCUT2D eigenvalue weighted by molar-refractivity contribution is 0.0209. The van der Waals surface area contributed by atoms with Gasteiger partial charge in [0.1, 0.15) is 12.4 Å². The van der Waals surface area contributed by atoms with Crippen LogP contribution in [0.15, 0.2) is 6.07 Å². The fraction of sp³-hybridized carbons (Fsp3) is 0.667. The molecule has 1 aromatic rings. The predicted octanol–water partition coefficient (Wildman–Crippen LogP) is -0.0729. The number of morpholine rings is 1. The highest BCUT2D eigenvalue weighted by atomic mass is 16.6. The number of carbonyl (C=O) groups is 1. The van der Waals surface area contributed by atoms with Crippen molar-refractivity contribution < 1.29 is 23.7 Å². The van der Waals surface area contributed by atoms with Gasteiger partial charge in [0.25, 0.3) is 0 Å². The molecule has 0 saturated carbocycles. The molecule has 0 spiro atoms. The lowest BCUT2D eigenvalue weighted by Crippen LogP contribution is -2.41. The number of methoxy groups -OCH3 is 1. The Balaban J connectivity index is 1.76. The molecular weight excluding hydrogens is 316 g/mol. The number of nitrogens with one attached hydrogen (secondary N) is 1. The van der Waals surface area contributed by atoms with E-state index in [1.807, 2.05) is 4.90 Å². The van der Waals surface area contributed by atoms with E-state index in [4.69, 9.17) is 18.9 Å². The number of ether oxygens (including phenoxy) is 4. The van der Waals surface area contributed by atoms with Crippen molar-refractivity contribution in [2.24, 2.45) is 0 Å². The highest BCUT2D eigenvalue weighted by Crippen LogP contribution is 2.18. The van der Waals surface area contributed by atoms with Crippen LogP contribution >= 0.6 is 0 Å². The summed E-state index contributed by atoms with van der Waals surface area (Å²) < 4.78 is 20.6. The zero-order valence-electron chi connectivity index (χ0n) is 13.7. The molecular formula is C15H22N4O5. The first kappa shape index (κ1) is 16.9. The number of carbonyl (C=O) groups excluding carboxylic acids is 1. The van der Waals surface area contributed by atoms with Crippen LogP contribution in [0, 0.1) is 0 Å². The van der Waals surface area contributed by atoms with Gasteiger partial charge in [0.05, 0.1) is 39.1 Å². The average molecular weight is 338 g/mol. The SMILES string of the molecule is COCCOC(=O)c1cc(NC2COC2)nc(N2CCOCC2)n1. The molecule has 1 N–H and O–H groups in total. The summed E-state index contributed by atoms with van der Waals surface area (Å²) in [6.45, 7) is 4.40. The Morgan fingerprint density at radius 3 is 2.75 bits per heavy atom. The molecule has 9 nitrogen and oxygen atoms in total. The fourth-order valence-electron chi connectivity index (χ4n) is 2.34. The van der Waals surface area contributed by atoms with Crippen LogP contribution in [0.25, 0.3) is 0 Å². The molecule has 132 valence electrons. The van der Waals surface area contributed by atoms with Crippen LogP contribution in [0.2, 0.25) is 0 Å². The van der Waals surface area contributed by atoms with Gasteiger partial charge in [0, 0.05) is 26.3 Å². The second-order valence-electron chi connectivity index (χ2n) is 5.55. The van der Waals surface area contributed by atoms with E-state index in [0.29, 0.717) is 57.9 Å². The maximum absolute atomic E-state index is 12.2. The van der Waals surface area contributed by atoms with E-state index in [2.05, 4.69) is 15.3 Å². The van der Waals surface area contributed by atoms with Gasteiger partial charge in [-0.15, -0.1) is 0 Å². The Morgan fingerprint density at radius 1 is 1.29 bits per heavy atom. The van der Waals surface area contributed by atoms with E-state index in [0.717, 1.165) is 0 Å².